The second-order valence-corrected chi connectivity index (χ2v) is 10.4. The zero-order valence-electron chi connectivity index (χ0n) is 13.8. The lowest BCUT2D eigenvalue weighted by atomic mass is 10.0. The second-order valence-electron chi connectivity index (χ2n) is 6.85. The van der Waals surface area contributed by atoms with Crippen molar-refractivity contribution in [2.24, 2.45) is 5.92 Å². The molecule has 20 heavy (non-hydrogen) atoms. The van der Waals surface area contributed by atoms with Gasteiger partial charge in [0.05, 0.1) is 0 Å². The van der Waals surface area contributed by atoms with E-state index in [4.69, 9.17) is 8.85 Å². The molecular weight excluding hydrogens is 264 g/mol. The quantitative estimate of drug-likeness (QED) is 0.585. The van der Waals surface area contributed by atoms with E-state index < -0.39 is 8.56 Å². The van der Waals surface area contributed by atoms with E-state index in [2.05, 4.69) is 20.8 Å². The van der Waals surface area contributed by atoms with Gasteiger partial charge in [0.15, 0.2) is 0 Å². The summed E-state index contributed by atoms with van der Waals surface area (Å²) in [5.41, 5.74) is 1.50. The van der Waals surface area contributed by atoms with Gasteiger partial charge in [-0.1, -0.05) is 46.0 Å². The highest BCUT2D eigenvalue weighted by atomic mass is 28.4. The Kier molecular flexibility index (Phi) is 6.56. The average molecular weight is 299 g/mol. The van der Waals surface area contributed by atoms with Gasteiger partial charge in [0.1, 0.15) is 0 Å². The summed E-state index contributed by atoms with van der Waals surface area (Å²) in [5.74, 6) is 0.812. The third-order valence-electron chi connectivity index (χ3n) is 5.45. The molecule has 118 valence electrons. The molecule has 3 atom stereocenters. The molecule has 0 aromatic carbocycles. The summed E-state index contributed by atoms with van der Waals surface area (Å²) < 4.78 is 13.2. The van der Waals surface area contributed by atoms with Crippen molar-refractivity contribution in [1.82, 2.24) is 0 Å². The van der Waals surface area contributed by atoms with Gasteiger partial charge in [0, 0.05) is 24.3 Å². The summed E-state index contributed by atoms with van der Waals surface area (Å²) in [6.45, 7) is 8.59. The number of rotatable bonds is 7. The van der Waals surface area contributed by atoms with E-state index in [1.54, 1.807) is 0 Å². The average Bonchev–Trinajstić information content (AvgIpc) is 2.91. The standard InChI is InChI=1S/C17H34O2Si/c1-4-14-19-20(18-5-2,16-11-7-6-8-12-16)17-13-9-10-15(17)3/h15-17H,4-14H2,1-3H3. The molecule has 0 amide bonds. The van der Waals surface area contributed by atoms with Crippen LogP contribution >= 0.6 is 0 Å². The van der Waals surface area contributed by atoms with Gasteiger partial charge >= 0.3 is 8.56 Å². The smallest absolute Gasteiger partial charge is 0.344 e. The highest BCUT2D eigenvalue weighted by molar-refractivity contribution is 6.70. The number of hydrogen-bond donors (Lipinski definition) is 0. The molecular formula is C17H34O2Si. The van der Waals surface area contributed by atoms with Gasteiger partial charge in [-0.3, -0.25) is 0 Å². The Labute approximate surface area is 126 Å². The largest absolute Gasteiger partial charge is 0.394 e. The van der Waals surface area contributed by atoms with Gasteiger partial charge in [-0.05, 0) is 38.5 Å². The van der Waals surface area contributed by atoms with Crippen molar-refractivity contribution in [2.75, 3.05) is 13.2 Å². The van der Waals surface area contributed by atoms with E-state index >= 15 is 0 Å². The predicted octanol–water partition coefficient (Wildman–Crippen LogP) is 5.42. The number of hydrogen-bond acceptors (Lipinski definition) is 2. The van der Waals surface area contributed by atoms with Crippen LogP contribution in [-0.4, -0.2) is 21.8 Å². The van der Waals surface area contributed by atoms with E-state index in [0.29, 0.717) is 0 Å². The predicted molar refractivity (Wildman–Crippen MR) is 87.2 cm³/mol. The fraction of sp³-hybridized carbons (Fsp3) is 1.00. The minimum absolute atomic E-state index is 0.747. The molecule has 0 spiro atoms. The Bertz CT molecular complexity index is 278. The molecule has 0 saturated heterocycles. The third kappa shape index (κ3) is 3.48. The summed E-state index contributed by atoms with van der Waals surface area (Å²) in [6.07, 6.45) is 12.2. The molecule has 0 heterocycles. The maximum absolute atomic E-state index is 6.63. The first-order valence-corrected chi connectivity index (χ1v) is 11.0. The van der Waals surface area contributed by atoms with E-state index in [9.17, 15) is 0 Å². The van der Waals surface area contributed by atoms with Crippen molar-refractivity contribution in [3.8, 4) is 0 Å². The van der Waals surface area contributed by atoms with Crippen molar-refractivity contribution in [1.29, 1.82) is 0 Å². The van der Waals surface area contributed by atoms with Crippen LogP contribution in [0.1, 0.15) is 78.6 Å². The molecule has 2 aliphatic rings. The fourth-order valence-corrected chi connectivity index (χ4v) is 9.87. The molecule has 0 aromatic rings. The minimum atomic E-state index is -2.05. The Morgan fingerprint density at radius 1 is 0.900 bits per heavy atom. The van der Waals surface area contributed by atoms with Gasteiger partial charge < -0.3 is 8.85 Å². The maximum Gasteiger partial charge on any atom is 0.344 e. The minimum Gasteiger partial charge on any atom is -0.394 e. The summed E-state index contributed by atoms with van der Waals surface area (Å²) >= 11 is 0. The lowest BCUT2D eigenvalue weighted by molar-refractivity contribution is 0.141. The van der Waals surface area contributed by atoms with E-state index in [1.165, 1.54) is 51.4 Å². The summed E-state index contributed by atoms with van der Waals surface area (Å²) in [7, 11) is -2.05. The van der Waals surface area contributed by atoms with Crippen molar-refractivity contribution in [2.45, 2.75) is 89.6 Å². The van der Waals surface area contributed by atoms with Gasteiger partial charge in [0.2, 0.25) is 0 Å². The van der Waals surface area contributed by atoms with Gasteiger partial charge in [-0.25, -0.2) is 0 Å². The molecule has 0 bridgehead atoms. The Hall–Kier alpha value is 0.137. The molecule has 0 aliphatic heterocycles. The highest BCUT2D eigenvalue weighted by Gasteiger charge is 2.54. The molecule has 0 aromatic heterocycles. The van der Waals surface area contributed by atoms with Crippen LogP contribution in [-0.2, 0) is 8.85 Å². The summed E-state index contributed by atoms with van der Waals surface area (Å²) in [5, 5.41) is 0. The van der Waals surface area contributed by atoms with Crippen molar-refractivity contribution in [3.05, 3.63) is 0 Å². The topological polar surface area (TPSA) is 18.5 Å². The van der Waals surface area contributed by atoms with Crippen LogP contribution in [0.15, 0.2) is 0 Å². The monoisotopic (exact) mass is 298 g/mol. The maximum atomic E-state index is 6.63. The van der Waals surface area contributed by atoms with Gasteiger partial charge in [0.25, 0.3) is 0 Å². The molecule has 2 rings (SSSR count). The van der Waals surface area contributed by atoms with Crippen LogP contribution in [0, 0.1) is 5.92 Å². The SMILES string of the molecule is CCCO[Si](OCC)(C1CCCCC1)C1CCCC1C. The Morgan fingerprint density at radius 3 is 2.20 bits per heavy atom. The van der Waals surface area contributed by atoms with E-state index in [1.807, 2.05) is 0 Å². The van der Waals surface area contributed by atoms with Crippen LogP contribution in [0.4, 0.5) is 0 Å². The Morgan fingerprint density at radius 2 is 1.65 bits per heavy atom. The van der Waals surface area contributed by atoms with Gasteiger partial charge in [-0.2, -0.15) is 0 Å². The normalized spacial score (nSPS) is 31.4. The summed E-state index contributed by atoms with van der Waals surface area (Å²) in [6, 6.07) is 0. The van der Waals surface area contributed by atoms with Crippen LogP contribution in [0.3, 0.4) is 0 Å². The highest BCUT2D eigenvalue weighted by Crippen LogP contribution is 2.52. The Balaban J connectivity index is 2.21. The van der Waals surface area contributed by atoms with Crippen molar-refractivity contribution in [3.63, 3.8) is 0 Å². The van der Waals surface area contributed by atoms with Crippen LogP contribution < -0.4 is 0 Å². The lowest BCUT2D eigenvalue weighted by Crippen LogP contribution is -2.52. The second kappa shape index (κ2) is 7.95. The van der Waals surface area contributed by atoms with Gasteiger partial charge in [-0.15, -0.1) is 0 Å². The first kappa shape index (κ1) is 16.5. The third-order valence-corrected chi connectivity index (χ3v) is 10.5. The zero-order chi connectivity index (χ0) is 14.4. The summed E-state index contributed by atoms with van der Waals surface area (Å²) in [4.78, 5) is 0. The molecule has 0 radical (unpaired) electrons. The van der Waals surface area contributed by atoms with Crippen LogP contribution in [0.5, 0.6) is 0 Å². The molecule has 3 heteroatoms. The molecule has 2 fully saturated rings. The van der Waals surface area contributed by atoms with Crippen molar-refractivity contribution < 1.29 is 8.85 Å². The van der Waals surface area contributed by atoms with E-state index in [0.717, 1.165) is 36.6 Å². The first-order chi connectivity index (χ1) is 9.74. The zero-order valence-corrected chi connectivity index (χ0v) is 14.8. The van der Waals surface area contributed by atoms with Crippen LogP contribution in [0.25, 0.3) is 0 Å². The van der Waals surface area contributed by atoms with Crippen molar-refractivity contribution >= 4 is 8.56 Å². The molecule has 2 saturated carbocycles. The molecule has 0 N–H and O–H groups in total. The first-order valence-electron chi connectivity index (χ1n) is 9.02. The molecule has 3 unspecified atom stereocenters. The van der Waals surface area contributed by atoms with Crippen LogP contribution in [0.2, 0.25) is 11.1 Å². The fourth-order valence-electron chi connectivity index (χ4n) is 4.53. The molecule has 2 nitrogen and oxygen atoms in total. The molecule has 2 aliphatic carbocycles. The lowest BCUT2D eigenvalue weighted by Gasteiger charge is -2.44. The van der Waals surface area contributed by atoms with E-state index in [-0.39, 0.29) is 0 Å².